The molecule has 0 saturated heterocycles. The molecular formula is C13H9BrCl2O2. The second-order valence-corrected chi connectivity index (χ2v) is 5.41. The first kappa shape index (κ1) is 13.7. The standard InChI is InChI=1S/C13H9BrCl2O2/c14-9-1-2-13(8(3-9)7-17)18-12-5-10(15)4-11(16)6-12/h1-6,17H,7H2. The molecule has 0 spiro atoms. The van der Waals surface area contributed by atoms with Crippen LogP contribution in [0.15, 0.2) is 40.9 Å². The molecule has 94 valence electrons. The van der Waals surface area contributed by atoms with Gasteiger partial charge in [-0.2, -0.15) is 0 Å². The molecule has 0 unspecified atom stereocenters. The second-order valence-electron chi connectivity index (χ2n) is 3.62. The summed E-state index contributed by atoms with van der Waals surface area (Å²) in [5.74, 6) is 1.10. The quantitative estimate of drug-likeness (QED) is 0.842. The van der Waals surface area contributed by atoms with Crippen molar-refractivity contribution in [2.75, 3.05) is 0 Å². The molecule has 2 aromatic carbocycles. The highest BCUT2D eigenvalue weighted by Crippen LogP contribution is 2.31. The third kappa shape index (κ3) is 3.39. The largest absolute Gasteiger partial charge is 0.457 e. The molecule has 0 radical (unpaired) electrons. The fraction of sp³-hybridized carbons (Fsp3) is 0.0769. The Morgan fingerprint density at radius 2 is 1.72 bits per heavy atom. The molecule has 2 aromatic rings. The van der Waals surface area contributed by atoms with Gasteiger partial charge in [0.25, 0.3) is 0 Å². The maximum atomic E-state index is 9.28. The van der Waals surface area contributed by atoms with E-state index in [9.17, 15) is 5.11 Å². The number of aliphatic hydroxyl groups is 1. The van der Waals surface area contributed by atoms with Gasteiger partial charge in [0.1, 0.15) is 11.5 Å². The van der Waals surface area contributed by atoms with Gasteiger partial charge in [-0.3, -0.25) is 0 Å². The van der Waals surface area contributed by atoms with Crippen molar-refractivity contribution >= 4 is 39.1 Å². The fourth-order valence-corrected chi connectivity index (χ4v) is 2.40. The summed E-state index contributed by atoms with van der Waals surface area (Å²) in [5, 5.41) is 10.3. The number of benzene rings is 2. The molecule has 1 N–H and O–H groups in total. The lowest BCUT2D eigenvalue weighted by Gasteiger charge is -2.10. The summed E-state index contributed by atoms with van der Waals surface area (Å²) in [4.78, 5) is 0. The minimum absolute atomic E-state index is 0.108. The molecule has 0 fully saturated rings. The molecule has 0 heterocycles. The molecule has 0 aliphatic heterocycles. The van der Waals surface area contributed by atoms with Gasteiger partial charge < -0.3 is 9.84 Å². The predicted molar refractivity (Wildman–Crippen MR) is 76.6 cm³/mol. The van der Waals surface area contributed by atoms with E-state index in [-0.39, 0.29) is 6.61 Å². The van der Waals surface area contributed by atoms with Crippen molar-refractivity contribution in [3.63, 3.8) is 0 Å². The summed E-state index contributed by atoms with van der Waals surface area (Å²) in [6.07, 6.45) is 0. The van der Waals surface area contributed by atoms with Gasteiger partial charge in [-0.1, -0.05) is 39.1 Å². The lowest BCUT2D eigenvalue weighted by molar-refractivity contribution is 0.276. The minimum atomic E-state index is -0.108. The van der Waals surface area contributed by atoms with Crippen LogP contribution in [0.5, 0.6) is 11.5 Å². The lowest BCUT2D eigenvalue weighted by atomic mass is 10.2. The van der Waals surface area contributed by atoms with Crippen LogP contribution in [-0.4, -0.2) is 5.11 Å². The molecule has 0 amide bonds. The van der Waals surface area contributed by atoms with E-state index in [1.54, 1.807) is 30.3 Å². The van der Waals surface area contributed by atoms with Crippen molar-refractivity contribution in [3.8, 4) is 11.5 Å². The zero-order valence-electron chi connectivity index (χ0n) is 9.16. The summed E-state index contributed by atoms with van der Waals surface area (Å²) in [5.41, 5.74) is 0.681. The normalized spacial score (nSPS) is 10.4. The van der Waals surface area contributed by atoms with Gasteiger partial charge in [-0.15, -0.1) is 0 Å². The zero-order chi connectivity index (χ0) is 13.1. The molecule has 0 aliphatic rings. The Labute approximate surface area is 123 Å². The van der Waals surface area contributed by atoms with Crippen LogP contribution in [0.4, 0.5) is 0 Å². The number of aliphatic hydroxyl groups excluding tert-OH is 1. The highest BCUT2D eigenvalue weighted by molar-refractivity contribution is 9.10. The summed E-state index contributed by atoms with van der Waals surface area (Å²) < 4.78 is 6.55. The van der Waals surface area contributed by atoms with E-state index in [2.05, 4.69) is 15.9 Å². The monoisotopic (exact) mass is 346 g/mol. The topological polar surface area (TPSA) is 29.5 Å². The van der Waals surface area contributed by atoms with Gasteiger partial charge in [0.2, 0.25) is 0 Å². The maximum Gasteiger partial charge on any atom is 0.133 e. The van der Waals surface area contributed by atoms with Crippen molar-refractivity contribution in [2.45, 2.75) is 6.61 Å². The molecule has 0 saturated carbocycles. The fourth-order valence-electron chi connectivity index (χ4n) is 1.49. The third-order valence-corrected chi connectivity index (χ3v) is 3.19. The average Bonchev–Trinajstić information content (AvgIpc) is 2.30. The molecule has 0 aliphatic carbocycles. The first-order valence-corrected chi connectivity index (χ1v) is 6.66. The third-order valence-electron chi connectivity index (χ3n) is 2.26. The van der Waals surface area contributed by atoms with Crippen LogP contribution in [-0.2, 0) is 6.61 Å². The second kappa shape index (κ2) is 5.93. The van der Waals surface area contributed by atoms with E-state index in [1.165, 1.54) is 0 Å². The Kier molecular flexibility index (Phi) is 4.51. The minimum Gasteiger partial charge on any atom is -0.457 e. The Morgan fingerprint density at radius 3 is 2.33 bits per heavy atom. The van der Waals surface area contributed by atoms with E-state index >= 15 is 0 Å². The van der Waals surface area contributed by atoms with Crippen LogP contribution in [0.25, 0.3) is 0 Å². The lowest BCUT2D eigenvalue weighted by Crippen LogP contribution is -1.92. The first-order valence-electron chi connectivity index (χ1n) is 5.12. The first-order chi connectivity index (χ1) is 8.58. The van der Waals surface area contributed by atoms with Crippen molar-refractivity contribution < 1.29 is 9.84 Å². The highest BCUT2D eigenvalue weighted by Gasteiger charge is 2.06. The summed E-state index contributed by atoms with van der Waals surface area (Å²) in [6.45, 7) is -0.108. The molecule has 18 heavy (non-hydrogen) atoms. The van der Waals surface area contributed by atoms with Gasteiger partial charge in [0.15, 0.2) is 0 Å². The molecule has 5 heteroatoms. The number of hydrogen-bond donors (Lipinski definition) is 1. The van der Waals surface area contributed by atoms with Gasteiger partial charge in [-0.05, 0) is 36.4 Å². The summed E-state index contributed by atoms with van der Waals surface area (Å²) in [6, 6.07) is 10.4. The van der Waals surface area contributed by atoms with E-state index in [1.807, 2.05) is 6.07 Å². The predicted octanol–water partition coefficient (Wildman–Crippen LogP) is 5.04. The van der Waals surface area contributed by atoms with Crippen LogP contribution in [0.1, 0.15) is 5.56 Å². The molecule has 2 nitrogen and oxygen atoms in total. The van der Waals surface area contributed by atoms with Gasteiger partial charge in [-0.25, -0.2) is 0 Å². The Balaban J connectivity index is 2.33. The SMILES string of the molecule is OCc1cc(Br)ccc1Oc1cc(Cl)cc(Cl)c1. The maximum absolute atomic E-state index is 9.28. The van der Waals surface area contributed by atoms with Crippen molar-refractivity contribution in [3.05, 3.63) is 56.5 Å². The van der Waals surface area contributed by atoms with Crippen molar-refractivity contribution in [1.29, 1.82) is 0 Å². The van der Waals surface area contributed by atoms with Crippen LogP contribution >= 0.6 is 39.1 Å². The van der Waals surface area contributed by atoms with Crippen LogP contribution in [0, 0.1) is 0 Å². The smallest absolute Gasteiger partial charge is 0.133 e. The van der Waals surface area contributed by atoms with Crippen LogP contribution in [0.2, 0.25) is 10.0 Å². The number of hydrogen-bond acceptors (Lipinski definition) is 2. The summed E-state index contributed by atoms with van der Waals surface area (Å²) >= 11 is 15.1. The molecule has 0 aromatic heterocycles. The number of rotatable bonds is 3. The van der Waals surface area contributed by atoms with E-state index in [0.717, 1.165) is 4.47 Å². The Bertz CT molecular complexity index is 553. The van der Waals surface area contributed by atoms with Gasteiger partial charge in [0.05, 0.1) is 6.61 Å². The van der Waals surface area contributed by atoms with E-state index < -0.39 is 0 Å². The molecule has 0 atom stereocenters. The van der Waals surface area contributed by atoms with E-state index in [4.69, 9.17) is 27.9 Å². The summed E-state index contributed by atoms with van der Waals surface area (Å²) in [7, 11) is 0. The zero-order valence-corrected chi connectivity index (χ0v) is 12.3. The van der Waals surface area contributed by atoms with Crippen LogP contribution in [0.3, 0.4) is 0 Å². The average molecular weight is 348 g/mol. The Hall–Kier alpha value is -0.740. The number of ether oxygens (including phenoxy) is 1. The molecule has 2 rings (SSSR count). The van der Waals surface area contributed by atoms with Crippen molar-refractivity contribution in [2.24, 2.45) is 0 Å². The molecule has 0 bridgehead atoms. The van der Waals surface area contributed by atoms with Crippen LogP contribution < -0.4 is 4.74 Å². The van der Waals surface area contributed by atoms with Gasteiger partial charge >= 0.3 is 0 Å². The molecular weight excluding hydrogens is 339 g/mol. The van der Waals surface area contributed by atoms with E-state index in [0.29, 0.717) is 27.1 Å². The Morgan fingerprint density at radius 1 is 1.06 bits per heavy atom. The highest BCUT2D eigenvalue weighted by atomic mass is 79.9. The number of halogens is 3. The van der Waals surface area contributed by atoms with Gasteiger partial charge in [0, 0.05) is 20.1 Å². The van der Waals surface area contributed by atoms with Crippen molar-refractivity contribution in [1.82, 2.24) is 0 Å².